The Morgan fingerprint density at radius 1 is 1.67 bits per heavy atom. The zero-order valence-corrected chi connectivity index (χ0v) is 9.00. The summed E-state index contributed by atoms with van der Waals surface area (Å²) in [6, 6.07) is -0.0808. The summed E-state index contributed by atoms with van der Waals surface area (Å²) < 4.78 is 25.7. The molecule has 0 bridgehead atoms. The van der Waals surface area contributed by atoms with Gasteiger partial charge in [0.25, 0.3) is 10.0 Å². The summed E-state index contributed by atoms with van der Waals surface area (Å²) in [7, 11) is -3.47. The fraction of sp³-hybridized carbons (Fsp3) is 0.625. The van der Waals surface area contributed by atoms with Crippen LogP contribution in [0.3, 0.4) is 0 Å². The first-order chi connectivity index (χ1) is 7.09. The summed E-state index contributed by atoms with van der Waals surface area (Å²) in [5, 5.41) is 0.0745. The van der Waals surface area contributed by atoms with Crippen LogP contribution in [0.5, 0.6) is 0 Å². The highest BCUT2D eigenvalue weighted by Gasteiger charge is 2.29. The maximum atomic E-state index is 11.6. The normalized spacial score (nSPS) is 19.0. The van der Waals surface area contributed by atoms with Gasteiger partial charge in [0.2, 0.25) is 0 Å². The molecule has 6 nitrogen and oxygen atoms in total. The number of nitrogens with two attached hydrogens (primary N) is 1. The summed E-state index contributed by atoms with van der Waals surface area (Å²) in [5.41, 5.74) is 5.79. The molecule has 0 amide bonds. The SMILES string of the molecule is NC(CNS(=O)(=O)c1cnc[nH]1)C1CC1. The number of nitrogens with zero attached hydrogens (tertiary/aromatic N) is 1. The Morgan fingerprint density at radius 3 is 2.93 bits per heavy atom. The Labute approximate surface area is 88.3 Å². The van der Waals surface area contributed by atoms with Crippen molar-refractivity contribution in [1.82, 2.24) is 14.7 Å². The summed E-state index contributed by atoms with van der Waals surface area (Å²) in [6.45, 7) is 0.284. The topological polar surface area (TPSA) is 101 Å². The molecule has 15 heavy (non-hydrogen) atoms. The van der Waals surface area contributed by atoms with Crippen LogP contribution in [-0.2, 0) is 10.0 Å². The largest absolute Gasteiger partial charge is 0.335 e. The van der Waals surface area contributed by atoms with Crippen LogP contribution < -0.4 is 10.5 Å². The number of hydrogen-bond acceptors (Lipinski definition) is 4. The number of aromatic amines is 1. The van der Waals surface area contributed by atoms with E-state index in [0.29, 0.717) is 5.92 Å². The molecule has 1 aliphatic carbocycles. The fourth-order valence-corrected chi connectivity index (χ4v) is 2.34. The molecule has 7 heteroatoms. The van der Waals surface area contributed by atoms with Crippen LogP contribution in [0.4, 0.5) is 0 Å². The van der Waals surface area contributed by atoms with Gasteiger partial charge in [0.05, 0.1) is 12.5 Å². The van der Waals surface area contributed by atoms with Crippen molar-refractivity contribution in [2.75, 3.05) is 6.54 Å². The van der Waals surface area contributed by atoms with Gasteiger partial charge in [0, 0.05) is 12.6 Å². The van der Waals surface area contributed by atoms with Crippen LogP contribution >= 0.6 is 0 Å². The number of sulfonamides is 1. The first-order valence-corrected chi connectivity index (χ1v) is 6.31. The fourth-order valence-electron chi connectivity index (χ4n) is 1.36. The first kappa shape index (κ1) is 10.6. The van der Waals surface area contributed by atoms with E-state index in [1.165, 1.54) is 12.5 Å². The van der Waals surface area contributed by atoms with Gasteiger partial charge in [-0.1, -0.05) is 0 Å². The molecule has 1 atom stereocenters. The third-order valence-corrected chi connectivity index (χ3v) is 3.85. The van der Waals surface area contributed by atoms with Crippen molar-refractivity contribution in [2.24, 2.45) is 11.7 Å². The van der Waals surface area contributed by atoms with Gasteiger partial charge in [-0.15, -0.1) is 0 Å². The highest BCUT2D eigenvalue weighted by molar-refractivity contribution is 7.89. The zero-order valence-electron chi connectivity index (χ0n) is 8.18. The van der Waals surface area contributed by atoms with Gasteiger partial charge in [-0.2, -0.15) is 0 Å². The van der Waals surface area contributed by atoms with Gasteiger partial charge in [-0.25, -0.2) is 18.1 Å². The number of hydrogen-bond donors (Lipinski definition) is 3. The van der Waals surface area contributed by atoms with E-state index in [1.54, 1.807) is 0 Å². The summed E-state index contributed by atoms with van der Waals surface area (Å²) in [5.74, 6) is 0.481. The molecule has 0 radical (unpaired) electrons. The molecule has 0 aromatic carbocycles. The van der Waals surface area contributed by atoms with E-state index in [9.17, 15) is 8.42 Å². The number of aromatic nitrogens is 2. The molecular weight excluding hydrogens is 216 g/mol. The molecule has 1 unspecified atom stereocenters. The number of rotatable bonds is 5. The van der Waals surface area contributed by atoms with Gasteiger partial charge in [-0.05, 0) is 18.8 Å². The predicted molar refractivity (Wildman–Crippen MR) is 54.5 cm³/mol. The van der Waals surface area contributed by atoms with Crippen molar-refractivity contribution < 1.29 is 8.42 Å². The van der Waals surface area contributed by atoms with Crippen LogP contribution in [-0.4, -0.2) is 31.0 Å². The molecular formula is C8H14N4O2S. The molecule has 1 aliphatic rings. The zero-order chi connectivity index (χ0) is 10.9. The van der Waals surface area contributed by atoms with Gasteiger partial charge in [-0.3, -0.25) is 0 Å². The van der Waals surface area contributed by atoms with E-state index in [2.05, 4.69) is 14.7 Å². The second kappa shape index (κ2) is 3.92. The van der Waals surface area contributed by atoms with E-state index in [0.717, 1.165) is 12.8 Å². The lowest BCUT2D eigenvalue weighted by molar-refractivity contribution is 0.546. The third kappa shape index (κ3) is 2.55. The minimum absolute atomic E-state index is 0.0745. The maximum Gasteiger partial charge on any atom is 0.257 e. The van der Waals surface area contributed by atoms with Crippen LogP contribution in [0.1, 0.15) is 12.8 Å². The molecule has 1 saturated carbocycles. The van der Waals surface area contributed by atoms with E-state index >= 15 is 0 Å². The average Bonchev–Trinajstić information content (AvgIpc) is 2.89. The second-order valence-corrected chi connectivity index (χ2v) is 5.50. The highest BCUT2D eigenvalue weighted by atomic mass is 32.2. The smallest absolute Gasteiger partial charge is 0.257 e. The standard InChI is InChI=1S/C8H14N4O2S/c9-7(6-1-2-6)3-12-15(13,14)8-4-10-5-11-8/h4-7,12H,1-3,9H2,(H,10,11). The molecule has 84 valence electrons. The Hall–Kier alpha value is -0.920. The Kier molecular flexibility index (Phi) is 2.76. The molecule has 1 aromatic heterocycles. The van der Waals surface area contributed by atoms with Gasteiger partial charge in [0.1, 0.15) is 0 Å². The van der Waals surface area contributed by atoms with E-state index in [1.807, 2.05) is 0 Å². The van der Waals surface area contributed by atoms with E-state index in [-0.39, 0.29) is 17.6 Å². The minimum atomic E-state index is -3.47. The molecule has 2 rings (SSSR count). The highest BCUT2D eigenvalue weighted by Crippen LogP contribution is 2.31. The van der Waals surface area contributed by atoms with Crippen molar-refractivity contribution in [2.45, 2.75) is 23.9 Å². The molecule has 1 heterocycles. The summed E-state index contributed by atoms with van der Waals surface area (Å²) >= 11 is 0. The van der Waals surface area contributed by atoms with Crippen molar-refractivity contribution in [3.05, 3.63) is 12.5 Å². The molecule has 0 saturated heterocycles. The predicted octanol–water partition coefficient (Wildman–Crippen LogP) is -0.575. The molecule has 4 N–H and O–H groups in total. The third-order valence-electron chi connectivity index (χ3n) is 2.50. The molecule has 1 fully saturated rings. The van der Waals surface area contributed by atoms with Crippen LogP contribution in [0.25, 0.3) is 0 Å². The Balaban J connectivity index is 1.93. The quantitative estimate of drug-likeness (QED) is 0.630. The van der Waals surface area contributed by atoms with Crippen molar-refractivity contribution in [3.63, 3.8) is 0 Å². The lowest BCUT2D eigenvalue weighted by atomic mass is 10.2. The summed E-state index contributed by atoms with van der Waals surface area (Å²) in [4.78, 5) is 6.20. The van der Waals surface area contributed by atoms with Gasteiger partial charge in [0.15, 0.2) is 5.03 Å². The van der Waals surface area contributed by atoms with Crippen molar-refractivity contribution in [1.29, 1.82) is 0 Å². The average molecular weight is 230 g/mol. The molecule has 1 aromatic rings. The Bertz CT molecular complexity index is 410. The van der Waals surface area contributed by atoms with E-state index in [4.69, 9.17) is 5.73 Å². The van der Waals surface area contributed by atoms with Crippen LogP contribution in [0, 0.1) is 5.92 Å². The molecule has 0 aliphatic heterocycles. The maximum absolute atomic E-state index is 11.6. The van der Waals surface area contributed by atoms with Gasteiger partial charge >= 0.3 is 0 Å². The molecule has 0 spiro atoms. The summed E-state index contributed by atoms with van der Waals surface area (Å²) in [6.07, 6.45) is 4.81. The van der Waals surface area contributed by atoms with E-state index < -0.39 is 10.0 Å². The second-order valence-electron chi connectivity index (χ2n) is 3.77. The lowest BCUT2D eigenvalue weighted by Crippen LogP contribution is -2.38. The van der Waals surface area contributed by atoms with Crippen molar-refractivity contribution in [3.8, 4) is 0 Å². The van der Waals surface area contributed by atoms with Crippen LogP contribution in [0.15, 0.2) is 17.6 Å². The lowest BCUT2D eigenvalue weighted by Gasteiger charge is -2.10. The number of H-pyrrole nitrogens is 1. The van der Waals surface area contributed by atoms with Gasteiger partial charge < -0.3 is 10.7 Å². The number of nitrogens with one attached hydrogen (secondary N) is 2. The van der Waals surface area contributed by atoms with Crippen LogP contribution in [0.2, 0.25) is 0 Å². The first-order valence-electron chi connectivity index (χ1n) is 4.83. The number of imidazole rings is 1. The van der Waals surface area contributed by atoms with Crippen molar-refractivity contribution >= 4 is 10.0 Å². The monoisotopic (exact) mass is 230 g/mol. The Morgan fingerprint density at radius 2 is 2.40 bits per heavy atom. The minimum Gasteiger partial charge on any atom is -0.335 e.